The number of aryl methyl sites for hydroxylation is 1. The highest BCUT2D eigenvalue weighted by molar-refractivity contribution is 5.79. The topological polar surface area (TPSA) is 23.6 Å². The monoisotopic (exact) mass is 328 g/mol. The first-order valence-electron chi connectivity index (χ1n) is 9.85. The molecule has 2 aliphatic rings. The molecule has 0 radical (unpaired) electrons. The molecule has 0 aliphatic carbocycles. The van der Waals surface area contributed by atoms with Crippen LogP contribution < -0.4 is 0 Å². The molecule has 1 atom stereocenters. The summed E-state index contributed by atoms with van der Waals surface area (Å²) in [6.07, 6.45) is 8.26. The first kappa shape index (κ1) is 17.5. The normalized spacial score (nSPS) is 23.0. The van der Waals surface area contributed by atoms with E-state index < -0.39 is 0 Å². The Morgan fingerprint density at radius 2 is 1.62 bits per heavy atom. The average Bonchev–Trinajstić information content (AvgIpc) is 2.91. The third-order valence-corrected chi connectivity index (χ3v) is 5.61. The van der Waals surface area contributed by atoms with E-state index in [9.17, 15) is 4.79 Å². The zero-order valence-electron chi connectivity index (χ0n) is 15.2. The molecule has 0 saturated carbocycles. The van der Waals surface area contributed by atoms with Crippen LogP contribution in [0.3, 0.4) is 0 Å². The first-order chi connectivity index (χ1) is 11.8. The van der Waals surface area contributed by atoms with Crippen LogP contribution in [-0.4, -0.2) is 41.9 Å². The van der Waals surface area contributed by atoms with Crippen LogP contribution in [0.4, 0.5) is 0 Å². The highest BCUT2D eigenvalue weighted by Gasteiger charge is 2.29. The number of hydrogen-bond acceptors (Lipinski definition) is 2. The van der Waals surface area contributed by atoms with Crippen LogP contribution >= 0.6 is 0 Å². The van der Waals surface area contributed by atoms with Gasteiger partial charge >= 0.3 is 0 Å². The molecule has 3 nitrogen and oxygen atoms in total. The Morgan fingerprint density at radius 1 is 0.958 bits per heavy atom. The van der Waals surface area contributed by atoms with Gasteiger partial charge in [-0.25, -0.2) is 0 Å². The van der Waals surface area contributed by atoms with Crippen molar-refractivity contribution < 1.29 is 4.79 Å². The maximum atomic E-state index is 12.9. The number of amides is 1. The fourth-order valence-corrected chi connectivity index (χ4v) is 4.09. The van der Waals surface area contributed by atoms with E-state index >= 15 is 0 Å². The maximum Gasteiger partial charge on any atom is 0.226 e. The summed E-state index contributed by atoms with van der Waals surface area (Å²) in [6, 6.07) is 8.97. The Morgan fingerprint density at radius 3 is 2.29 bits per heavy atom. The smallest absolute Gasteiger partial charge is 0.226 e. The van der Waals surface area contributed by atoms with Crippen LogP contribution in [0.25, 0.3) is 0 Å². The van der Waals surface area contributed by atoms with Gasteiger partial charge < -0.3 is 4.90 Å². The molecule has 3 rings (SSSR count). The lowest BCUT2D eigenvalue weighted by atomic mass is 9.95. The highest BCUT2D eigenvalue weighted by Crippen LogP contribution is 2.22. The van der Waals surface area contributed by atoms with Gasteiger partial charge in [0.15, 0.2) is 0 Å². The van der Waals surface area contributed by atoms with E-state index in [1.807, 2.05) is 0 Å². The Kier molecular flexibility index (Phi) is 6.30. The van der Waals surface area contributed by atoms with Gasteiger partial charge in [-0.15, -0.1) is 0 Å². The van der Waals surface area contributed by atoms with Crippen LogP contribution in [0.5, 0.6) is 0 Å². The number of nitrogens with zero attached hydrogens (tertiary/aromatic N) is 2. The Hall–Kier alpha value is -1.35. The summed E-state index contributed by atoms with van der Waals surface area (Å²) < 4.78 is 0. The number of piperidine rings is 1. The SMILES string of the molecule is CCc1ccc(CN2CCCC(C(=O)N3CCCCCC3)C2)cc1. The summed E-state index contributed by atoms with van der Waals surface area (Å²) in [5.74, 6) is 0.634. The molecule has 1 amide bonds. The van der Waals surface area contributed by atoms with Crippen molar-refractivity contribution in [2.45, 2.75) is 58.4 Å². The minimum atomic E-state index is 0.215. The van der Waals surface area contributed by atoms with Gasteiger partial charge in [0.25, 0.3) is 0 Å². The number of hydrogen-bond donors (Lipinski definition) is 0. The molecule has 1 aromatic rings. The summed E-state index contributed by atoms with van der Waals surface area (Å²) >= 11 is 0. The van der Waals surface area contributed by atoms with Crippen molar-refractivity contribution in [1.29, 1.82) is 0 Å². The summed E-state index contributed by atoms with van der Waals surface area (Å²) in [5, 5.41) is 0. The van der Waals surface area contributed by atoms with Gasteiger partial charge in [-0.2, -0.15) is 0 Å². The molecule has 0 spiro atoms. The number of carbonyl (C=O) groups is 1. The van der Waals surface area contributed by atoms with Crippen molar-refractivity contribution in [2.75, 3.05) is 26.2 Å². The molecule has 3 heteroatoms. The van der Waals surface area contributed by atoms with E-state index in [1.165, 1.54) is 36.8 Å². The molecule has 0 N–H and O–H groups in total. The predicted octanol–water partition coefficient (Wildman–Crippen LogP) is 3.86. The molecule has 1 unspecified atom stereocenters. The predicted molar refractivity (Wildman–Crippen MR) is 98.9 cm³/mol. The molecule has 2 heterocycles. The quantitative estimate of drug-likeness (QED) is 0.838. The summed E-state index contributed by atoms with van der Waals surface area (Å²) in [6.45, 7) is 7.19. The van der Waals surface area contributed by atoms with Gasteiger partial charge in [0.05, 0.1) is 5.92 Å². The molecule has 1 aromatic carbocycles. The van der Waals surface area contributed by atoms with Crippen LogP contribution in [0.15, 0.2) is 24.3 Å². The fourth-order valence-electron chi connectivity index (χ4n) is 4.09. The Bertz CT molecular complexity index is 517. The van der Waals surface area contributed by atoms with E-state index in [2.05, 4.69) is 41.0 Å². The summed E-state index contributed by atoms with van der Waals surface area (Å²) in [4.78, 5) is 17.5. The van der Waals surface area contributed by atoms with E-state index in [-0.39, 0.29) is 5.92 Å². The van der Waals surface area contributed by atoms with Crippen molar-refractivity contribution in [2.24, 2.45) is 5.92 Å². The van der Waals surface area contributed by atoms with Crippen molar-refractivity contribution in [1.82, 2.24) is 9.80 Å². The van der Waals surface area contributed by atoms with Gasteiger partial charge in [0.1, 0.15) is 0 Å². The molecular formula is C21H32N2O. The third kappa shape index (κ3) is 4.60. The van der Waals surface area contributed by atoms with Gasteiger partial charge in [0.2, 0.25) is 5.91 Å². The second-order valence-electron chi connectivity index (χ2n) is 7.48. The number of benzene rings is 1. The van der Waals surface area contributed by atoms with Crippen LogP contribution in [0.1, 0.15) is 56.6 Å². The lowest BCUT2D eigenvalue weighted by Gasteiger charge is -2.34. The molecule has 132 valence electrons. The van der Waals surface area contributed by atoms with Crippen molar-refractivity contribution in [3.63, 3.8) is 0 Å². The molecule has 24 heavy (non-hydrogen) atoms. The highest BCUT2D eigenvalue weighted by atomic mass is 16.2. The van der Waals surface area contributed by atoms with Crippen LogP contribution in [-0.2, 0) is 17.8 Å². The lowest BCUT2D eigenvalue weighted by Crippen LogP contribution is -2.44. The zero-order chi connectivity index (χ0) is 16.8. The third-order valence-electron chi connectivity index (χ3n) is 5.61. The molecule has 2 fully saturated rings. The van der Waals surface area contributed by atoms with E-state index in [4.69, 9.17) is 0 Å². The zero-order valence-corrected chi connectivity index (χ0v) is 15.2. The van der Waals surface area contributed by atoms with Crippen LogP contribution in [0.2, 0.25) is 0 Å². The van der Waals surface area contributed by atoms with Gasteiger partial charge in [-0.1, -0.05) is 44.0 Å². The van der Waals surface area contributed by atoms with Crippen LogP contribution in [0, 0.1) is 5.92 Å². The minimum Gasteiger partial charge on any atom is -0.342 e. The van der Waals surface area contributed by atoms with E-state index in [0.29, 0.717) is 5.91 Å². The van der Waals surface area contributed by atoms with Crippen molar-refractivity contribution in [3.8, 4) is 0 Å². The number of carbonyl (C=O) groups excluding carboxylic acids is 1. The standard InChI is InChI=1S/C21H32N2O/c1-2-18-9-11-19(12-10-18)16-22-13-7-8-20(17-22)21(24)23-14-5-3-4-6-15-23/h9-12,20H,2-8,13-17H2,1H3. The van der Waals surface area contributed by atoms with Crippen molar-refractivity contribution >= 4 is 5.91 Å². The number of rotatable bonds is 4. The fraction of sp³-hybridized carbons (Fsp3) is 0.667. The van der Waals surface area contributed by atoms with E-state index in [1.54, 1.807) is 0 Å². The Balaban J connectivity index is 1.55. The Labute approximate surface area is 147 Å². The summed E-state index contributed by atoms with van der Waals surface area (Å²) in [7, 11) is 0. The molecular weight excluding hydrogens is 296 g/mol. The second-order valence-corrected chi connectivity index (χ2v) is 7.48. The minimum absolute atomic E-state index is 0.215. The maximum absolute atomic E-state index is 12.9. The molecule has 0 bridgehead atoms. The second kappa shape index (κ2) is 8.66. The first-order valence-corrected chi connectivity index (χ1v) is 9.85. The largest absolute Gasteiger partial charge is 0.342 e. The van der Waals surface area contributed by atoms with Crippen molar-refractivity contribution in [3.05, 3.63) is 35.4 Å². The molecule has 2 saturated heterocycles. The summed E-state index contributed by atoms with van der Waals surface area (Å²) in [5.41, 5.74) is 2.77. The van der Waals surface area contributed by atoms with E-state index in [0.717, 1.165) is 52.0 Å². The average molecular weight is 329 g/mol. The van der Waals surface area contributed by atoms with Gasteiger partial charge in [-0.3, -0.25) is 9.69 Å². The number of likely N-dealkylation sites (tertiary alicyclic amines) is 2. The molecule has 0 aromatic heterocycles. The lowest BCUT2D eigenvalue weighted by molar-refractivity contribution is -0.137. The molecule has 2 aliphatic heterocycles. The van der Waals surface area contributed by atoms with Gasteiger partial charge in [0, 0.05) is 26.2 Å². The van der Waals surface area contributed by atoms with Gasteiger partial charge in [-0.05, 0) is 49.8 Å².